The summed E-state index contributed by atoms with van der Waals surface area (Å²) in [6, 6.07) is 25.5. The molecule has 0 saturated heterocycles. The van der Waals surface area contributed by atoms with Crippen LogP contribution >= 0.6 is 0 Å². The summed E-state index contributed by atoms with van der Waals surface area (Å²) in [6.45, 7) is 11.5. The third-order valence-corrected chi connectivity index (χ3v) is 7.71. The van der Waals surface area contributed by atoms with E-state index in [1.807, 2.05) is 71.0 Å². The van der Waals surface area contributed by atoms with Crippen molar-refractivity contribution in [2.45, 2.75) is 78.9 Å². The largest absolute Gasteiger partial charge is 0.508 e. The minimum absolute atomic E-state index is 0.0713. The second kappa shape index (κ2) is 12.3. The Morgan fingerprint density at radius 3 is 1.93 bits per heavy atom. The number of hydrogen-bond donors (Lipinski definition) is 1. The number of phenolic OH excluding ortho intramolecular Hbond substituents is 1. The van der Waals surface area contributed by atoms with E-state index >= 15 is 0 Å². The van der Waals surface area contributed by atoms with Crippen LogP contribution in [0.3, 0.4) is 0 Å². The zero-order valence-electron chi connectivity index (χ0n) is 25.1. The number of carbonyl (C=O) groups is 2. The first-order valence-corrected chi connectivity index (χ1v) is 14.5. The standard InChI is InChI=1S/C36H42O5/c1-7-24(25-16-18-29(37)19-17-25)20-28(33(38)41-35(2,3)4)22-36(5,6)34(39)40-23-32-30-14-10-8-12-26(30)21-27-13-9-11-15-31(27)32/h8-19,21,24,28,37H,7,20,22-23H2,1-6H3. The lowest BCUT2D eigenvalue weighted by Gasteiger charge is -2.31. The van der Waals surface area contributed by atoms with Gasteiger partial charge in [0.25, 0.3) is 0 Å². The van der Waals surface area contributed by atoms with E-state index in [0.717, 1.165) is 39.1 Å². The number of hydrogen-bond acceptors (Lipinski definition) is 5. The van der Waals surface area contributed by atoms with Crippen molar-refractivity contribution >= 4 is 33.5 Å². The van der Waals surface area contributed by atoms with E-state index in [9.17, 15) is 14.7 Å². The summed E-state index contributed by atoms with van der Waals surface area (Å²) in [7, 11) is 0. The van der Waals surface area contributed by atoms with Gasteiger partial charge in [0.15, 0.2) is 0 Å². The van der Waals surface area contributed by atoms with Crippen LogP contribution in [0.15, 0.2) is 78.9 Å². The Kier molecular flexibility index (Phi) is 9.06. The highest BCUT2D eigenvalue weighted by Gasteiger charge is 2.38. The Hall–Kier alpha value is -3.86. The van der Waals surface area contributed by atoms with Crippen molar-refractivity contribution < 1.29 is 24.2 Å². The topological polar surface area (TPSA) is 72.8 Å². The molecule has 5 nitrogen and oxygen atoms in total. The lowest BCUT2D eigenvalue weighted by atomic mass is 9.77. The molecule has 216 valence electrons. The Bertz CT molecular complexity index is 1460. The number of esters is 2. The molecule has 0 bridgehead atoms. The number of benzene rings is 4. The molecule has 5 heteroatoms. The van der Waals surface area contributed by atoms with Crippen LogP contribution in [0.4, 0.5) is 0 Å². The highest BCUT2D eigenvalue weighted by atomic mass is 16.6. The molecule has 2 unspecified atom stereocenters. The minimum atomic E-state index is -0.921. The molecular weight excluding hydrogens is 512 g/mol. The molecule has 1 N–H and O–H groups in total. The van der Waals surface area contributed by atoms with Gasteiger partial charge in [-0.1, -0.05) is 67.6 Å². The van der Waals surface area contributed by atoms with Crippen molar-refractivity contribution in [2.75, 3.05) is 0 Å². The summed E-state index contributed by atoms with van der Waals surface area (Å²) in [5.74, 6) is -0.887. The number of aromatic hydroxyl groups is 1. The SMILES string of the molecule is CCC(CC(CC(C)(C)C(=O)OCc1c2ccccc2cc2ccccc12)C(=O)OC(C)(C)C)c1ccc(O)cc1. The van der Waals surface area contributed by atoms with Gasteiger partial charge >= 0.3 is 11.9 Å². The average molecular weight is 555 g/mol. The molecule has 0 aliphatic carbocycles. The maximum Gasteiger partial charge on any atom is 0.311 e. The van der Waals surface area contributed by atoms with Crippen molar-refractivity contribution in [1.82, 2.24) is 0 Å². The molecule has 0 aliphatic rings. The number of carbonyl (C=O) groups excluding carboxylic acids is 2. The summed E-state index contributed by atoms with van der Waals surface area (Å²) in [5, 5.41) is 14.1. The van der Waals surface area contributed by atoms with Gasteiger partial charge in [0.05, 0.1) is 11.3 Å². The van der Waals surface area contributed by atoms with Crippen LogP contribution in [0, 0.1) is 11.3 Å². The monoisotopic (exact) mass is 554 g/mol. The summed E-state index contributed by atoms with van der Waals surface area (Å²) in [5.41, 5.74) is 0.456. The molecule has 0 spiro atoms. The number of ether oxygens (including phenoxy) is 2. The highest BCUT2D eigenvalue weighted by Crippen LogP contribution is 2.37. The lowest BCUT2D eigenvalue weighted by molar-refractivity contribution is -0.164. The van der Waals surface area contributed by atoms with E-state index in [2.05, 4.69) is 37.3 Å². The first kappa shape index (κ1) is 30.1. The maximum atomic E-state index is 13.6. The highest BCUT2D eigenvalue weighted by molar-refractivity contribution is 6.02. The normalized spacial score (nSPS) is 13.6. The second-order valence-electron chi connectivity index (χ2n) is 12.6. The molecule has 4 rings (SSSR count). The summed E-state index contributed by atoms with van der Waals surface area (Å²) in [6.07, 6.45) is 1.63. The van der Waals surface area contributed by atoms with E-state index in [-0.39, 0.29) is 30.2 Å². The molecule has 4 aromatic rings. The van der Waals surface area contributed by atoms with Gasteiger partial charge < -0.3 is 14.6 Å². The van der Waals surface area contributed by atoms with Crippen molar-refractivity contribution in [3.05, 3.63) is 90.0 Å². The molecule has 4 aromatic carbocycles. The zero-order chi connectivity index (χ0) is 29.8. The van der Waals surface area contributed by atoms with E-state index in [1.165, 1.54) is 0 Å². The fourth-order valence-electron chi connectivity index (χ4n) is 5.57. The first-order valence-electron chi connectivity index (χ1n) is 14.5. The van der Waals surface area contributed by atoms with E-state index in [1.54, 1.807) is 12.1 Å². The molecule has 41 heavy (non-hydrogen) atoms. The van der Waals surface area contributed by atoms with Crippen LogP contribution < -0.4 is 0 Å². The third kappa shape index (κ3) is 7.46. The lowest BCUT2D eigenvalue weighted by Crippen LogP contribution is -2.35. The zero-order valence-corrected chi connectivity index (χ0v) is 25.1. The predicted octanol–water partition coefficient (Wildman–Crippen LogP) is 8.70. The molecule has 0 heterocycles. The Balaban J connectivity index is 1.56. The number of rotatable bonds is 10. The first-order chi connectivity index (χ1) is 19.4. The van der Waals surface area contributed by atoms with Crippen LogP contribution in [0.5, 0.6) is 5.75 Å². The van der Waals surface area contributed by atoms with Gasteiger partial charge in [-0.15, -0.1) is 0 Å². The van der Waals surface area contributed by atoms with Crippen molar-refractivity contribution in [3.8, 4) is 5.75 Å². The van der Waals surface area contributed by atoms with Gasteiger partial charge in [-0.2, -0.15) is 0 Å². The van der Waals surface area contributed by atoms with Gasteiger partial charge in [-0.3, -0.25) is 9.59 Å². The average Bonchev–Trinajstić information content (AvgIpc) is 2.92. The molecule has 0 saturated carbocycles. The van der Waals surface area contributed by atoms with Gasteiger partial charge in [0, 0.05) is 5.56 Å². The van der Waals surface area contributed by atoms with Crippen LogP contribution in [-0.2, 0) is 25.7 Å². The number of fused-ring (bicyclic) bond motifs is 2. The smallest absolute Gasteiger partial charge is 0.311 e. The molecule has 0 radical (unpaired) electrons. The molecule has 0 aliphatic heterocycles. The van der Waals surface area contributed by atoms with Crippen molar-refractivity contribution in [2.24, 2.45) is 11.3 Å². The maximum absolute atomic E-state index is 13.6. The van der Waals surface area contributed by atoms with Crippen LogP contribution in [0.25, 0.3) is 21.5 Å². The minimum Gasteiger partial charge on any atom is -0.508 e. The van der Waals surface area contributed by atoms with E-state index in [0.29, 0.717) is 12.8 Å². The van der Waals surface area contributed by atoms with E-state index < -0.39 is 16.9 Å². The van der Waals surface area contributed by atoms with Gasteiger partial charge in [0.1, 0.15) is 18.0 Å². The molecule has 0 aromatic heterocycles. The molecule has 0 fully saturated rings. The Morgan fingerprint density at radius 1 is 0.829 bits per heavy atom. The van der Waals surface area contributed by atoms with Crippen molar-refractivity contribution in [1.29, 1.82) is 0 Å². The quantitative estimate of drug-likeness (QED) is 0.157. The number of phenols is 1. The fourth-order valence-corrected chi connectivity index (χ4v) is 5.57. The predicted molar refractivity (Wildman–Crippen MR) is 165 cm³/mol. The summed E-state index contributed by atoms with van der Waals surface area (Å²) >= 11 is 0. The third-order valence-electron chi connectivity index (χ3n) is 7.71. The summed E-state index contributed by atoms with van der Waals surface area (Å²) < 4.78 is 11.8. The molecule has 0 amide bonds. The van der Waals surface area contributed by atoms with Crippen LogP contribution in [-0.4, -0.2) is 22.6 Å². The van der Waals surface area contributed by atoms with Gasteiger partial charge in [-0.25, -0.2) is 0 Å². The molecule has 2 atom stereocenters. The van der Waals surface area contributed by atoms with Crippen LogP contribution in [0.2, 0.25) is 0 Å². The summed E-state index contributed by atoms with van der Waals surface area (Å²) in [4.78, 5) is 27.1. The Labute approximate surface area is 243 Å². The van der Waals surface area contributed by atoms with Crippen LogP contribution in [0.1, 0.15) is 77.8 Å². The fraction of sp³-hybridized carbons (Fsp3) is 0.389. The van der Waals surface area contributed by atoms with Gasteiger partial charge in [0.2, 0.25) is 0 Å². The second-order valence-corrected chi connectivity index (χ2v) is 12.6. The van der Waals surface area contributed by atoms with E-state index in [4.69, 9.17) is 9.47 Å². The Morgan fingerprint density at radius 2 is 1.39 bits per heavy atom. The molecular formula is C36H42O5. The van der Waals surface area contributed by atoms with Gasteiger partial charge in [-0.05, 0) is 105 Å². The van der Waals surface area contributed by atoms with Crippen molar-refractivity contribution in [3.63, 3.8) is 0 Å².